The van der Waals surface area contributed by atoms with E-state index in [2.05, 4.69) is 15.5 Å². The lowest BCUT2D eigenvalue weighted by Crippen LogP contribution is -2.56. The van der Waals surface area contributed by atoms with Crippen LogP contribution in [0.15, 0.2) is 42.5 Å². The summed E-state index contributed by atoms with van der Waals surface area (Å²) in [6.07, 6.45) is 2.69. The molecule has 4 amide bonds. The topological polar surface area (TPSA) is 102 Å². The first kappa shape index (κ1) is 23.3. The molecule has 0 saturated carbocycles. The van der Waals surface area contributed by atoms with Gasteiger partial charge in [0.05, 0.1) is 11.4 Å². The van der Waals surface area contributed by atoms with Crippen molar-refractivity contribution in [1.29, 1.82) is 0 Å². The van der Waals surface area contributed by atoms with Gasteiger partial charge in [0.25, 0.3) is 5.91 Å². The highest BCUT2D eigenvalue weighted by atomic mass is 16.2. The predicted molar refractivity (Wildman–Crippen MR) is 131 cm³/mol. The highest BCUT2D eigenvalue weighted by Crippen LogP contribution is 2.40. The fourth-order valence-corrected chi connectivity index (χ4v) is 4.50. The lowest BCUT2D eigenvalue weighted by molar-refractivity contribution is -0.123. The molecule has 0 aliphatic carbocycles. The normalized spacial score (nSPS) is 16.9. The number of carbonyl (C=O) groups excluding carboxylic acids is 4. The summed E-state index contributed by atoms with van der Waals surface area (Å²) in [5.41, 5.74) is 3.09. The Hall–Kier alpha value is -3.88. The average molecular weight is 464 g/mol. The molecule has 34 heavy (non-hydrogen) atoms. The second kappa shape index (κ2) is 9.54. The van der Waals surface area contributed by atoms with Gasteiger partial charge in [0, 0.05) is 44.5 Å². The summed E-state index contributed by atoms with van der Waals surface area (Å²) < 4.78 is 0. The maximum absolute atomic E-state index is 13.4. The predicted octanol–water partition coefficient (Wildman–Crippen LogP) is 2.69. The third-order valence-electron chi connectivity index (χ3n) is 6.07. The summed E-state index contributed by atoms with van der Waals surface area (Å²) in [6, 6.07) is 11.8. The molecule has 1 fully saturated rings. The van der Waals surface area contributed by atoms with Crippen LogP contribution in [0.5, 0.6) is 0 Å². The molecule has 2 aromatic rings. The highest BCUT2D eigenvalue weighted by molar-refractivity contribution is 6.11. The number of anilines is 4. The molecule has 4 rings (SSSR count). The maximum Gasteiger partial charge on any atom is 0.253 e. The Morgan fingerprint density at radius 2 is 1.65 bits per heavy atom. The Kier molecular flexibility index (Phi) is 6.54. The van der Waals surface area contributed by atoms with E-state index in [-0.39, 0.29) is 36.2 Å². The summed E-state index contributed by atoms with van der Waals surface area (Å²) in [5.74, 6) is -0.819. The van der Waals surface area contributed by atoms with Crippen LogP contribution in [0.3, 0.4) is 0 Å². The van der Waals surface area contributed by atoms with Gasteiger partial charge in [-0.3, -0.25) is 24.1 Å². The minimum atomic E-state index is -0.347. The van der Waals surface area contributed by atoms with Gasteiger partial charge in [0.2, 0.25) is 17.7 Å². The van der Waals surface area contributed by atoms with E-state index < -0.39 is 0 Å². The largest absolute Gasteiger partial charge is 0.358 e. The lowest BCUT2D eigenvalue weighted by atomic mass is 9.95. The van der Waals surface area contributed by atoms with E-state index >= 15 is 0 Å². The van der Waals surface area contributed by atoms with Gasteiger partial charge in [0.1, 0.15) is 12.6 Å². The quantitative estimate of drug-likeness (QED) is 0.710. The van der Waals surface area contributed by atoms with Gasteiger partial charge in [-0.2, -0.15) is 0 Å². The summed E-state index contributed by atoms with van der Waals surface area (Å²) >= 11 is 0. The van der Waals surface area contributed by atoms with Gasteiger partial charge in [0.15, 0.2) is 0 Å². The van der Waals surface area contributed by atoms with Gasteiger partial charge in [-0.1, -0.05) is 0 Å². The van der Waals surface area contributed by atoms with Crippen LogP contribution in [0, 0.1) is 0 Å². The van der Waals surface area contributed by atoms with Crippen molar-refractivity contribution in [3.63, 3.8) is 0 Å². The van der Waals surface area contributed by atoms with E-state index in [9.17, 15) is 19.2 Å². The molecule has 9 nitrogen and oxygen atoms in total. The van der Waals surface area contributed by atoms with Gasteiger partial charge in [-0.25, -0.2) is 0 Å². The number of benzene rings is 2. The van der Waals surface area contributed by atoms with Crippen molar-refractivity contribution >= 4 is 46.4 Å². The van der Waals surface area contributed by atoms with Crippen LogP contribution in [0.4, 0.5) is 22.7 Å². The molecule has 0 aromatic heterocycles. The number of hydrogen-bond acceptors (Lipinski definition) is 5. The average Bonchev–Trinajstić information content (AvgIpc) is 2.81. The van der Waals surface area contributed by atoms with Crippen LogP contribution in [-0.4, -0.2) is 61.8 Å². The number of fused-ring (bicyclic) bond motifs is 3. The molecule has 2 aromatic carbocycles. The molecule has 1 atom stereocenters. The van der Waals surface area contributed by atoms with E-state index in [1.54, 1.807) is 50.5 Å². The van der Waals surface area contributed by atoms with Crippen LogP contribution < -0.4 is 20.4 Å². The van der Waals surface area contributed by atoms with Gasteiger partial charge in [-0.15, -0.1) is 0 Å². The second-order valence-corrected chi connectivity index (χ2v) is 8.84. The minimum absolute atomic E-state index is 0.127. The molecule has 2 aliphatic rings. The molecule has 1 saturated heterocycles. The van der Waals surface area contributed by atoms with E-state index in [1.165, 1.54) is 16.7 Å². The van der Waals surface area contributed by atoms with Crippen molar-refractivity contribution in [1.82, 2.24) is 4.90 Å². The number of hydrogen-bond donors (Lipinski definition) is 2. The first-order valence-electron chi connectivity index (χ1n) is 11.4. The van der Waals surface area contributed by atoms with Crippen LogP contribution in [0.2, 0.25) is 0 Å². The maximum atomic E-state index is 13.4. The third kappa shape index (κ3) is 4.73. The van der Waals surface area contributed by atoms with E-state index in [4.69, 9.17) is 0 Å². The summed E-state index contributed by atoms with van der Waals surface area (Å²) in [5, 5.41) is 5.49. The molecule has 178 valence electrons. The van der Waals surface area contributed by atoms with Crippen LogP contribution in [0.1, 0.15) is 36.5 Å². The smallest absolute Gasteiger partial charge is 0.253 e. The fourth-order valence-electron chi connectivity index (χ4n) is 4.50. The monoisotopic (exact) mass is 463 g/mol. The Morgan fingerprint density at radius 3 is 2.29 bits per heavy atom. The fraction of sp³-hybridized carbons (Fsp3) is 0.360. The summed E-state index contributed by atoms with van der Waals surface area (Å²) in [4.78, 5) is 55.2. The Balaban J connectivity index is 1.59. The van der Waals surface area contributed by atoms with Gasteiger partial charge in [-0.05, 0) is 61.7 Å². The molecule has 0 radical (unpaired) electrons. The number of nitrogens with one attached hydrogen (secondary N) is 2. The minimum Gasteiger partial charge on any atom is -0.358 e. The molecule has 9 heteroatoms. The van der Waals surface area contributed by atoms with Crippen LogP contribution in [-0.2, 0) is 14.4 Å². The highest BCUT2D eigenvalue weighted by Gasteiger charge is 2.40. The Labute approximate surface area is 198 Å². The standard InChI is InChI=1S/C25H29N5O4/c1-16(31)26-18-8-10-19(11-9-18)27-23(32)15-30-22-14-17(24(33)28(2)3)7-12-20(22)29-13-5-4-6-21(29)25(30)34/h7-12,14,21H,4-6,13,15H2,1-3H3,(H,26,31)(H,27,32)/t21-/m1/s1. The molecule has 2 N–H and O–H groups in total. The summed E-state index contributed by atoms with van der Waals surface area (Å²) in [6.45, 7) is 2.03. The molecule has 0 spiro atoms. The van der Waals surface area contributed by atoms with Crippen LogP contribution in [0.25, 0.3) is 0 Å². The van der Waals surface area contributed by atoms with Crippen molar-refractivity contribution in [2.75, 3.05) is 47.6 Å². The van der Waals surface area contributed by atoms with E-state index in [0.717, 1.165) is 31.5 Å². The molecule has 2 aliphatic heterocycles. The molecular weight excluding hydrogens is 434 g/mol. The van der Waals surface area contributed by atoms with Gasteiger partial charge < -0.3 is 20.4 Å². The molecule has 0 bridgehead atoms. The zero-order valence-electron chi connectivity index (χ0n) is 19.6. The Bertz CT molecular complexity index is 1130. The van der Waals surface area contributed by atoms with Gasteiger partial charge >= 0.3 is 0 Å². The first-order valence-corrected chi connectivity index (χ1v) is 11.4. The van der Waals surface area contributed by atoms with E-state index in [0.29, 0.717) is 22.6 Å². The molecular formula is C25H29N5O4. The second-order valence-electron chi connectivity index (χ2n) is 8.84. The van der Waals surface area contributed by atoms with Crippen molar-refractivity contribution in [2.24, 2.45) is 0 Å². The first-order chi connectivity index (χ1) is 16.2. The van der Waals surface area contributed by atoms with Crippen molar-refractivity contribution in [2.45, 2.75) is 32.2 Å². The van der Waals surface area contributed by atoms with Crippen LogP contribution >= 0.6 is 0 Å². The third-order valence-corrected chi connectivity index (χ3v) is 6.07. The number of amides is 4. The van der Waals surface area contributed by atoms with Crippen molar-refractivity contribution in [3.05, 3.63) is 48.0 Å². The number of piperidine rings is 1. The number of carbonyl (C=O) groups is 4. The number of rotatable bonds is 5. The zero-order chi connectivity index (χ0) is 24.4. The zero-order valence-corrected chi connectivity index (χ0v) is 19.6. The molecule has 0 unspecified atom stereocenters. The van der Waals surface area contributed by atoms with Crippen molar-refractivity contribution < 1.29 is 19.2 Å². The Morgan fingerprint density at radius 1 is 0.971 bits per heavy atom. The lowest BCUT2D eigenvalue weighted by Gasteiger charge is -2.45. The van der Waals surface area contributed by atoms with Crippen molar-refractivity contribution in [3.8, 4) is 0 Å². The number of nitrogens with zero attached hydrogens (tertiary/aromatic N) is 3. The SMILES string of the molecule is CC(=O)Nc1ccc(NC(=O)CN2C(=O)[C@H]3CCCCN3c3ccc(C(=O)N(C)C)cc32)cc1. The van der Waals surface area contributed by atoms with E-state index in [1.807, 2.05) is 6.07 Å². The summed E-state index contributed by atoms with van der Waals surface area (Å²) in [7, 11) is 3.35. The molecule has 2 heterocycles.